The van der Waals surface area contributed by atoms with Gasteiger partial charge in [0.05, 0.1) is 4.90 Å². The lowest BCUT2D eigenvalue weighted by atomic mass is 10.0. The van der Waals surface area contributed by atoms with Gasteiger partial charge in [-0.05, 0) is 66.9 Å². The van der Waals surface area contributed by atoms with Crippen LogP contribution in [-0.2, 0) is 16.4 Å². The number of hydrogen-bond donors (Lipinski definition) is 1. The molecule has 3 aromatic rings. The Balaban J connectivity index is 1.62. The Hall–Kier alpha value is -3.19. The van der Waals surface area contributed by atoms with Crippen molar-refractivity contribution in [3.05, 3.63) is 89.7 Å². The first-order chi connectivity index (χ1) is 13.9. The van der Waals surface area contributed by atoms with Gasteiger partial charge < -0.3 is 4.90 Å². The van der Waals surface area contributed by atoms with Gasteiger partial charge in [-0.15, -0.1) is 0 Å². The molecule has 1 heterocycles. The predicted octanol–water partition coefficient (Wildman–Crippen LogP) is 4.22. The van der Waals surface area contributed by atoms with Crippen LogP contribution in [0.3, 0.4) is 0 Å². The molecule has 1 N–H and O–H groups in total. The monoisotopic (exact) mass is 410 g/mol. The number of hydrogen-bond acceptors (Lipinski definition) is 3. The minimum Gasteiger partial charge on any atom is -0.308 e. The number of carbonyl (C=O) groups excluding carboxylic acids is 1. The molecule has 0 atom stereocenters. The van der Waals surface area contributed by atoms with Gasteiger partial charge >= 0.3 is 0 Å². The second-order valence-corrected chi connectivity index (χ2v) is 8.51. The Bertz CT molecular complexity index is 1160. The van der Waals surface area contributed by atoms with Crippen LogP contribution >= 0.6 is 0 Å². The van der Waals surface area contributed by atoms with Gasteiger partial charge in [0.1, 0.15) is 5.82 Å². The second kappa shape index (κ2) is 7.67. The zero-order valence-electron chi connectivity index (χ0n) is 15.5. The lowest BCUT2D eigenvalue weighted by Gasteiger charge is -2.29. The number of para-hydroxylation sites is 1. The molecule has 1 aliphatic rings. The molecular formula is C22H19FN2O3S. The van der Waals surface area contributed by atoms with Crippen LogP contribution in [0.15, 0.2) is 77.7 Å². The van der Waals surface area contributed by atoms with Gasteiger partial charge in [-0.25, -0.2) is 12.8 Å². The van der Waals surface area contributed by atoms with Gasteiger partial charge in [-0.3, -0.25) is 9.52 Å². The fourth-order valence-electron chi connectivity index (χ4n) is 3.43. The molecule has 3 aromatic carbocycles. The summed E-state index contributed by atoms with van der Waals surface area (Å²) in [6, 6.07) is 18.7. The van der Waals surface area contributed by atoms with Crippen molar-refractivity contribution in [3.63, 3.8) is 0 Å². The third-order valence-corrected chi connectivity index (χ3v) is 6.22. The van der Waals surface area contributed by atoms with Crippen LogP contribution in [0.1, 0.15) is 22.3 Å². The van der Waals surface area contributed by atoms with Crippen LogP contribution in [0.2, 0.25) is 0 Å². The van der Waals surface area contributed by atoms with Crippen molar-refractivity contribution >= 4 is 27.3 Å². The highest BCUT2D eigenvalue weighted by Gasteiger charge is 2.24. The van der Waals surface area contributed by atoms with Crippen LogP contribution in [0.25, 0.3) is 0 Å². The summed E-state index contributed by atoms with van der Waals surface area (Å²) in [5.41, 5.74) is 2.51. The molecule has 0 radical (unpaired) electrons. The van der Waals surface area contributed by atoms with E-state index >= 15 is 0 Å². The molecule has 0 aliphatic carbocycles. The Morgan fingerprint density at radius 1 is 0.966 bits per heavy atom. The van der Waals surface area contributed by atoms with Crippen molar-refractivity contribution in [2.24, 2.45) is 0 Å². The number of carbonyl (C=O) groups is 1. The molecule has 1 amide bonds. The summed E-state index contributed by atoms with van der Waals surface area (Å²) in [7, 11) is -3.92. The summed E-state index contributed by atoms with van der Waals surface area (Å²) in [5.74, 6) is -0.696. The summed E-state index contributed by atoms with van der Waals surface area (Å²) in [4.78, 5) is 14.8. The zero-order valence-corrected chi connectivity index (χ0v) is 16.3. The van der Waals surface area contributed by atoms with E-state index < -0.39 is 15.8 Å². The predicted molar refractivity (Wildman–Crippen MR) is 110 cm³/mol. The van der Waals surface area contributed by atoms with E-state index in [4.69, 9.17) is 0 Å². The van der Waals surface area contributed by atoms with Crippen LogP contribution in [0.5, 0.6) is 0 Å². The Kier molecular flexibility index (Phi) is 5.07. The fraction of sp³-hybridized carbons (Fsp3) is 0.136. The van der Waals surface area contributed by atoms with E-state index in [9.17, 15) is 17.6 Å². The molecule has 7 heteroatoms. The van der Waals surface area contributed by atoms with E-state index in [2.05, 4.69) is 4.72 Å². The normalized spacial score (nSPS) is 13.6. The Labute approximate surface area is 168 Å². The van der Waals surface area contributed by atoms with Crippen LogP contribution in [-0.4, -0.2) is 20.9 Å². The SMILES string of the molecule is O=C(c1cccc(S(=O)(=O)Nc2ccc(F)cc2)c1)N1CCCc2ccccc21. The number of rotatable bonds is 4. The number of amides is 1. The van der Waals surface area contributed by atoms with Gasteiger partial charge in [-0.1, -0.05) is 24.3 Å². The third-order valence-electron chi connectivity index (χ3n) is 4.84. The summed E-state index contributed by atoms with van der Waals surface area (Å²) >= 11 is 0. The molecule has 0 unspecified atom stereocenters. The van der Waals surface area contributed by atoms with Crippen molar-refractivity contribution in [2.75, 3.05) is 16.2 Å². The maximum absolute atomic E-state index is 13.1. The molecule has 0 saturated heterocycles. The molecule has 5 nitrogen and oxygen atoms in total. The number of sulfonamides is 1. The molecule has 29 heavy (non-hydrogen) atoms. The van der Waals surface area contributed by atoms with Gasteiger partial charge in [-0.2, -0.15) is 0 Å². The number of nitrogens with one attached hydrogen (secondary N) is 1. The summed E-state index contributed by atoms with van der Waals surface area (Å²) < 4.78 is 40.9. The van der Waals surface area contributed by atoms with Crippen LogP contribution in [0.4, 0.5) is 15.8 Å². The number of nitrogens with zero attached hydrogens (tertiary/aromatic N) is 1. The van der Waals surface area contributed by atoms with Crippen molar-refractivity contribution in [1.82, 2.24) is 0 Å². The lowest BCUT2D eigenvalue weighted by Crippen LogP contribution is -2.35. The number of anilines is 2. The molecule has 0 spiro atoms. The first-order valence-corrected chi connectivity index (χ1v) is 10.7. The lowest BCUT2D eigenvalue weighted by molar-refractivity contribution is 0.0985. The number of benzene rings is 3. The number of fused-ring (bicyclic) bond motifs is 1. The van der Waals surface area contributed by atoms with Crippen molar-refractivity contribution < 1.29 is 17.6 Å². The standard InChI is InChI=1S/C22H19FN2O3S/c23-18-10-12-19(13-11-18)24-29(27,28)20-8-3-6-17(15-20)22(26)25-14-4-7-16-5-1-2-9-21(16)25/h1-3,5-6,8-13,15,24H,4,7,14H2. The summed E-state index contributed by atoms with van der Waals surface area (Å²) in [6.45, 7) is 0.584. The first-order valence-electron chi connectivity index (χ1n) is 9.22. The fourth-order valence-corrected chi connectivity index (χ4v) is 4.53. The molecule has 0 bridgehead atoms. The highest BCUT2D eigenvalue weighted by molar-refractivity contribution is 7.92. The topological polar surface area (TPSA) is 66.5 Å². The van der Waals surface area contributed by atoms with E-state index in [0.717, 1.165) is 24.1 Å². The van der Waals surface area contributed by atoms with Gasteiger partial charge in [0, 0.05) is 23.5 Å². The third kappa shape index (κ3) is 4.00. The summed E-state index contributed by atoms with van der Waals surface area (Å²) in [6.07, 6.45) is 1.77. The Morgan fingerprint density at radius 3 is 2.52 bits per heavy atom. The van der Waals surface area contributed by atoms with Gasteiger partial charge in [0.15, 0.2) is 0 Å². The minimum absolute atomic E-state index is 0.0297. The van der Waals surface area contributed by atoms with Crippen molar-refractivity contribution in [1.29, 1.82) is 0 Å². The average Bonchev–Trinajstić information content (AvgIpc) is 2.74. The van der Waals surface area contributed by atoms with E-state index in [1.165, 1.54) is 36.4 Å². The molecule has 0 saturated carbocycles. The first kappa shape index (κ1) is 19.1. The molecule has 148 valence electrons. The molecular weight excluding hydrogens is 391 g/mol. The van der Waals surface area contributed by atoms with Gasteiger partial charge in [0.2, 0.25) is 0 Å². The zero-order chi connectivity index (χ0) is 20.4. The maximum Gasteiger partial charge on any atom is 0.261 e. The molecule has 0 aromatic heterocycles. The smallest absolute Gasteiger partial charge is 0.261 e. The molecule has 1 aliphatic heterocycles. The van der Waals surface area contributed by atoms with Crippen molar-refractivity contribution in [3.8, 4) is 0 Å². The van der Waals surface area contributed by atoms with E-state index in [1.807, 2.05) is 24.3 Å². The quantitative estimate of drug-likeness (QED) is 0.700. The number of aryl methyl sites for hydroxylation is 1. The van der Waals surface area contributed by atoms with E-state index in [1.54, 1.807) is 17.0 Å². The molecule has 4 rings (SSSR count). The highest BCUT2D eigenvalue weighted by atomic mass is 32.2. The number of halogens is 1. The van der Waals surface area contributed by atoms with Crippen LogP contribution in [0, 0.1) is 5.82 Å². The van der Waals surface area contributed by atoms with Crippen LogP contribution < -0.4 is 9.62 Å². The second-order valence-electron chi connectivity index (χ2n) is 6.83. The highest BCUT2D eigenvalue weighted by Crippen LogP contribution is 2.28. The molecule has 0 fully saturated rings. The summed E-state index contributed by atoms with van der Waals surface area (Å²) in [5, 5.41) is 0. The van der Waals surface area contributed by atoms with E-state index in [0.29, 0.717) is 12.1 Å². The maximum atomic E-state index is 13.1. The van der Waals surface area contributed by atoms with E-state index in [-0.39, 0.29) is 16.5 Å². The largest absolute Gasteiger partial charge is 0.308 e. The average molecular weight is 410 g/mol. The minimum atomic E-state index is -3.92. The Morgan fingerprint density at radius 2 is 1.72 bits per heavy atom. The van der Waals surface area contributed by atoms with Crippen molar-refractivity contribution in [2.45, 2.75) is 17.7 Å². The van der Waals surface area contributed by atoms with Gasteiger partial charge in [0.25, 0.3) is 15.9 Å².